The van der Waals surface area contributed by atoms with Gasteiger partial charge in [0.25, 0.3) is 0 Å². The third-order valence-corrected chi connectivity index (χ3v) is 5.81. The molecule has 0 spiro atoms. The molecular weight excluding hydrogens is 364 g/mol. The maximum absolute atomic E-state index is 12.7. The smallest absolute Gasteiger partial charge is 0.239 e. The van der Waals surface area contributed by atoms with E-state index in [-0.39, 0.29) is 5.91 Å². The molecule has 2 aromatic heterocycles. The van der Waals surface area contributed by atoms with Crippen molar-refractivity contribution in [1.82, 2.24) is 14.9 Å². The predicted octanol–water partition coefficient (Wildman–Crippen LogP) is 4.02. The molecule has 4 rings (SSSR count). The van der Waals surface area contributed by atoms with E-state index in [1.54, 1.807) is 6.20 Å². The van der Waals surface area contributed by atoms with Gasteiger partial charge in [0.15, 0.2) is 0 Å². The van der Waals surface area contributed by atoms with Gasteiger partial charge < -0.3 is 20.4 Å². The molecule has 0 aliphatic heterocycles. The number of H-pyrrole nitrogens is 1. The maximum Gasteiger partial charge on any atom is 0.239 e. The van der Waals surface area contributed by atoms with Crippen molar-refractivity contribution in [1.29, 1.82) is 0 Å². The fourth-order valence-corrected chi connectivity index (χ4v) is 4.10. The van der Waals surface area contributed by atoms with Gasteiger partial charge in [0.05, 0.1) is 11.4 Å². The molecule has 1 atom stereocenters. The van der Waals surface area contributed by atoms with E-state index in [4.69, 9.17) is 10.5 Å². The number of likely N-dealkylation sites (N-methyl/N-ethyl adjacent to an activating group) is 1. The lowest BCUT2D eigenvalue weighted by molar-refractivity contribution is -0.133. The van der Waals surface area contributed by atoms with Gasteiger partial charge in [-0.2, -0.15) is 0 Å². The lowest BCUT2D eigenvalue weighted by Gasteiger charge is -2.33. The summed E-state index contributed by atoms with van der Waals surface area (Å²) in [4.78, 5) is 21.9. The Kier molecular flexibility index (Phi) is 5.81. The molecule has 152 valence electrons. The summed E-state index contributed by atoms with van der Waals surface area (Å²) in [6.07, 6.45) is 9.93. The van der Waals surface area contributed by atoms with Gasteiger partial charge in [0, 0.05) is 25.5 Å². The number of benzene rings is 1. The van der Waals surface area contributed by atoms with Crippen LogP contribution in [0.3, 0.4) is 0 Å². The van der Waals surface area contributed by atoms with Crippen molar-refractivity contribution in [2.45, 2.75) is 50.6 Å². The summed E-state index contributed by atoms with van der Waals surface area (Å²) in [6.45, 7) is 0. The largest absolute Gasteiger partial charge is 0.457 e. The summed E-state index contributed by atoms with van der Waals surface area (Å²) in [5.74, 6) is 1.52. The summed E-state index contributed by atoms with van der Waals surface area (Å²) in [5.41, 5.74) is 8.06. The Morgan fingerprint density at radius 3 is 2.72 bits per heavy atom. The van der Waals surface area contributed by atoms with Crippen molar-refractivity contribution in [2.75, 3.05) is 7.05 Å². The van der Waals surface area contributed by atoms with E-state index in [2.05, 4.69) is 9.97 Å². The molecule has 1 saturated carbocycles. The highest BCUT2D eigenvalue weighted by Gasteiger charge is 2.26. The molecule has 0 saturated heterocycles. The fraction of sp³-hybridized carbons (Fsp3) is 0.391. The highest BCUT2D eigenvalue weighted by Crippen LogP contribution is 2.28. The van der Waals surface area contributed by atoms with Gasteiger partial charge in [-0.15, -0.1) is 0 Å². The number of carbonyl (C=O) groups excluding carboxylic acids is 1. The average molecular weight is 393 g/mol. The number of nitrogens with one attached hydrogen (secondary N) is 1. The van der Waals surface area contributed by atoms with E-state index in [1.165, 1.54) is 19.3 Å². The number of hydrogen-bond donors (Lipinski definition) is 2. The van der Waals surface area contributed by atoms with Crippen molar-refractivity contribution >= 4 is 16.9 Å². The molecule has 3 N–H and O–H groups in total. The van der Waals surface area contributed by atoms with Gasteiger partial charge >= 0.3 is 0 Å². The van der Waals surface area contributed by atoms with Crippen LogP contribution >= 0.6 is 0 Å². The standard InChI is InChI=1S/C23H28N4O2/c1-27(17-5-3-2-4-6-17)23(28)20(24)15-16-7-9-18(10-8-16)29-21-12-14-26-22-19(21)11-13-25-22/h7-14,17,20H,2-6,15,24H2,1H3,(H,25,26)/t20-/m1/s1. The predicted molar refractivity (Wildman–Crippen MR) is 114 cm³/mol. The van der Waals surface area contributed by atoms with E-state index >= 15 is 0 Å². The van der Waals surface area contributed by atoms with E-state index in [0.29, 0.717) is 12.5 Å². The number of amides is 1. The Balaban J connectivity index is 1.37. The molecule has 1 fully saturated rings. The van der Waals surface area contributed by atoms with Gasteiger partial charge in [-0.1, -0.05) is 31.4 Å². The van der Waals surface area contributed by atoms with E-state index in [1.807, 2.05) is 54.5 Å². The quantitative estimate of drug-likeness (QED) is 0.664. The lowest BCUT2D eigenvalue weighted by atomic mass is 9.94. The zero-order chi connectivity index (χ0) is 20.2. The second kappa shape index (κ2) is 8.66. The molecule has 2 heterocycles. The molecule has 6 nitrogen and oxygen atoms in total. The van der Waals surface area contributed by atoms with Gasteiger partial charge in [0.1, 0.15) is 17.1 Å². The average Bonchev–Trinajstić information content (AvgIpc) is 3.24. The summed E-state index contributed by atoms with van der Waals surface area (Å²) < 4.78 is 6.01. The Bertz CT molecular complexity index is 960. The molecule has 1 amide bonds. The molecule has 0 radical (unpaired) electrons. The first-order valence-corrected chi connectivity index (χ1v) is 10.3. The summed E-state index contributed by atoms with van der Waals surface area (Å²) >= 11 is 0. The van der Waals surface area contributed by atoms with Gasteiger partial charge in [-0.3, -0.25) is 4.79 Å². The van der Waals surface area contributed by atoms with E-state index in [0.717, 1.165) is 40.9 Å². The molecule has 6 heteroatoms. The van der Waals surface area contributed by atoms with Crippen LogP contribution < -0.4 is 10.5 Å². The van der Waals surface area contributed by atoms with Crippen LogP contribution in [0.2, 0.25) is 0 Å². The van der Waals surface area contributed by atoms with Crippen LogP contribution in [-0.2, 0) is 11.2 Å². The van der Waals surface area contributed by atoms with Gasteiger partial charge in [-0.05, 0) is 49.1 Å². The van der Waals surface area contributed by atoms with Crippen molar-refractivity contribution in [3.05, 3.63) is 54.4 Å². The minimum absolute atomic E-state index is 0.0314. The SMILES string of the molecule is CN(C(=O)[C@H](N)Cc1ccc(Oc2ccnc3[nH]ccc23)cc1)C1CCCCC1. The number of rotatable bonds is 6. The summed E-state index contributed by atoms with van der Waals surface area (Å²) in [7, 11) is 1.89. The van der Waals surface area contributed by atoms with E-state index in [9.17, 15) is 4.79 Å². The zero-order valence-corrected chi connectivity index (χ0v) is 16.8. The molecule has 0 bridgehead atoms. The second-order valence-corrected chi connectivity index (χ2v) is 7.85. The number of pyridine rings is 1. The Morgan fingerprint density at radius 2 is 1.97 bits per heavy atom. The highest BCUT2D eigenvalue weighted by molar-refractivity contribution is 5.83. The molecule has 3 aromatic rings. The number of aromatic nitrogens is 2. The minimum Gasteiger partial charge on any atom is -0.457 e. The second-order valence-electron chi connectivity index (χ2n) is 7.85. The third kappa shape index (κ3) is 4.43. The molecule has 1 aliphatic carbocycles. The van der Waals surface area contributed by atoms with Crippen LogP contribution in [0.1, 0.15) is 37.7 Å². The number of fused-ring (bicyclic) bond motifs is 1. The monoisotopic (exact) mass is 392 g/mol. The van der Waals surface area contributed by atoms with Crippen LogP contribution in [0.25, 0.3) is 11.0 Å². The highest BCUT2D eigenvalue weighted by atomic mass is 16.5. The maximum atomic E-state index is 12.7. The van der Waals surface area contributed by atoms with Crippen LogP contribution in [0.15, 0.2) is 48.8 Å². The van der Waals surface area contributed by atoms with Crippen LogP contribution in [0, 0.1) is 0 Å². The topological polar surface area (TPSA) is 84.2 Å². The number of nitrogens with two attached hydrogens (primary N) is 1. The summed E-state index contributed by atoms with van der Waals surface area (Å²) in [6, 6.07) is 11.4. The van der Waals surface area contributed by atoms with Crippen LogP contribution in [0.5, 0.6) is 11.5 Å². The van der Waals surface area contributed by atoms with Gasteiger partial charge in [0.2, 0.25) is 5.91 Å². The number of carbonyl (C=O) groups is 1. The van der Waals surface area contributed by atoms with Crippen molar-refractivity contribution in [2.24, 2.45) is 5.73 Å². The first kappa shape index (κ1) is 19.5. The number of ether oxygens (including phenoxy) is 1. The molecule has 0 unspecified atom stereocenters. The Labute approximate surface area is 171 Å². The van der Waals surface area contributed by atoms with Crippen molar-refractivity contribution < 1.29 is 9.53 Å². The van der Waals surface area contributed by atoms with Crippen molar-refractivity contribution in [3.63, 3.8) is 0 Å². The molecular formula is C23H28N4O2. The number of aromatic amines is 1. The number of nitrogens with zero attached hydrogens (tertiary/aromatic N) is 2. The van der Waals surface area contributed by atoms with Crippen LogP contribution in [-0.4, -0.2) is 39.9 Å². The zero-order valence-electron chi connectivity index (χ0n) is 16.8. The first-order chi connectivity index (χ1) is 14.1. The first-order valence-electron chi connectivity index (χ1n) is 10.3. The van der Waals surface area contributed by atoms with Crippen molar-refractivity contribution in [3.8, 4) is 11.5 Å². The Morgan fingerprint density at radius 1 is 1.21 bits per heavy atom. The lowest BCUT2D eigenvalue weighted by Crippen LogP contribution is -2.48. The van der Waals surface area contributed by atoms with Crippen LogP contribution in [0.4, 0.5) is 0 Å². The third-order valence-electron chi connectivity index (χ3n) is 5.81. The molecule has 29 heavy (non-hydrogen) atoms. The van der Waals surface area contributed by atoms with Gasteiger partial charge in [-0.25, -0.2) is 4.98 Å². The fourth-order valence-electron chi connectivity index (χ4n) is 4.10. The number of hydrogen-bond acceptors (Lipinski definition) is 4. The normalized spacial score (nSPS) is 15.9. The molecule has 1 aromatic carbocycles. The summed E-state index contributed by atoms with van der Waals surface area (Å²) in [5, 5.41) is 0.940. The van der Waals surface area contributed by atoms with E-state index < -0.39 is 6.04 Å². The molecule has 1 aliphatic rings. The minimum atomic E-state index is -0.520. The Hall–Kier alpha value is -2.86.